The Labute approximate surface area is 175 Å². The molecule has 3 aromatic rings. The third-order valence-corrected chi connectivity index (χ3v) is 5.86. The van der Waals surface area contributed by atoms with Gasteiger partial charge in [-0.3, -0.25) is 14.2 Å². The zero-order valence-corrected chi connectivity index (χ0v) is 17.5. The van der Waals surface area contributed by atoms with Crippen molar-refractivity contribution in [1.82, 2.24) is 15.1 Å². The molecule has 1 amide bonds. The van der Waals surface area contributed by atoms with E-state index in [1.54, 1.807) is 12.1 Å². The SMILES string of the molecule is Cc1cc(C)n(CCCNC(=O)c2ccc(NS(=O)(=O)c3ccc(F)cc3)cc2)n1. The van der Waals surface area contributed by atoms with E-state index in [9.17, 15) is 17.6 Å². The lowest BCUT2D eigenvalue weighted by molar-refractivity contribution is 0.0952. The molecule has 0 bridgehead atoms. The van der Waals surface area contributed by atoms with Gasteiger partial charge >= 0.3 is 0 Å². The fourth-order valence-electron chi connectivity index (χ4n) is 2.95. The molecule has 1 aromatic heterocycles. The van der Waals surface area contributed by atoms with Crippen molar-refractivity contribution in [2.24, 2.45) is 0 Å². The second kappa shape index (κ2) is 9.08. The summed E-state index contributed by atoms with van der Waals surface area (Å²) in [6, 6.07) is 12.6. The smallest absolute Gasteiger partial charge is 0.261 e. The standard InChI is InChI=1S/C21H23FN4O3S/c1-15-14-16(2)26(24-15)13-3-12-23-21(27)17-4-8-19(9-5-17)25-30(28,29)20-10-6-18(22)7-11-20/h4-11,14,25H,3,12-13H2,1-2H3,(H,23,27). The largest absolute Gasteiger partial charge is 0.352 e. The number of rotatable bonds is 8. The Morgan fingerprint density at radius 1 is 1.07 bits per heavy atom. The fraction of sp³-hybridized carbons (Fsp3) is 0.238. The van der Waals surface area contributed by atoms with Crippen molar-refractivity contribution in [1.29, 1.82) is 0 Å². The molecule has 7 nitrogen and oxygen atoms in total. The zero-order chi connectivity index (χ0) is 21.7. The van der Waals surface area contributed by atoms with E-state index in [0.717, 1.165) is 29.9 Å². The van der Waals surface area contributed by atoms with Gasteiger partial charge in [-0.1, -0.05) is 0 Å². The highest BCUT2D eigenvalue weighted by Gasteiger charge is 2.14. The van der Waals surface area contributed by atoms with Gasteiger partial charge in [0.25, 0.3) is 15.9 Å². The van der Waals surface area contributed by atoms with Crippen LogP contribution in [0.4, 0.5) is 10.1 Å². The Bertz CT molecular complexity index is 1120. The lowest BCUT2D eigenvalue weighted by Gasteiger charge is -2.10. The number of benzene rings is 2. The van der Waals surface area contributed by atoms with Gasteiger partial charge < -0.3 is 5.32 Å². The Balaban J connectivity index is 1.52. The van der Waals surface area contributed by atoms with Crippen molar-refractivity contribution in [3.8, 4) is 0 Å². The molecule has 0 spiro atoms. The Kier molecular flexibility index (Phi) is 6.51. The molecular weight excluding hydrogens is 407 g/mol. The van der Waals surface area contributed by atoms with Crippen LogP contribution in [0.3, 0.4) is 0 Å². The first-order chi connectivity index (χ1) is 14.2. The third kappa shape index (κ3) is 5.44. The van der Waals surface area contributed by atoms with Crippen LogP contribution in [-0.2, 0) is 16.6 Å². The van der Waals surface area contributed by atoms with Crippen LogP contribution in [0.5, 0.6) is 0 Å². The van der Waals surface area contributed by atoms with Crippen molar-refractivity contribution in [3.63, 3.8) is 0 Å². The molecule has 0 aliphatic carbocycles. The lowest BCUT2D eigenvalue weighted by atomic mass is 10.2. The summed E-state index contributed by atoms with van der Waals surface area (Å²) in [6.45, 7) is 5.14. The van der Waals surface area contributed by atoms with Gasteiger partial charge in [0.2, 0.25) is 0 Å². The Hall–Kier alpha value is -3.20. The molecule has 0 aliphatic rings. The number of nitrogens with zero attached hydrogens (tertiary/aromatic N) is 2. The summed E-state index contributed by atoms with van der Waals surface area (Å²) in [4.78, 5) is 12.2. The Morgan fingerprint density at radius 2 is 1.73 bits per heavy atom. The number of amides is 1. The van der Waals surface area contributed by atoms with Crippen LogP contribution in [0.2, 0.25) is 0 Å². The second-order valence-electron chi connectivity index (χ2n) is 6.90. The van der Waals surface area contributed by atoms with Crippen LogP contribution in [0, 0.1) is 19.7 Å². The quantitative estimate of drug-likeness (QED) is 0.537. The van der Waals surface area contributed by atoms with Crippen LogP contribution in [0.15, 0.2) is 59.5 Å². The summed E-state index contributed by atoms with van der Waals surface area (Å²) in [6.07, 6.45) is 0.739. The van der Waals surface area contributed by atoms with E-state index in [0.29, 0.717) is 24.3 Å². The summed E-state index contributed by atoms with van der Waals surface area (Å²) in [7, 11) is -3.83. The highest BCUT2D eigenvalue weighted by atomic mass is 32.2. The van der Waals surface area contributed by atoms with Crippen LogP contribution in [0.25, 0.3) is 0 Å². The number of nitrogens with one attached hydrogen (secondary N) is 2. The minimum Gasteiger partial charge on any atom is -0.352 e. The molecule has 2 N–H and O–H groups in total. The van der Waals surface area contributed by atoms with Crippen LogP contribution in [-0.4, -0.2) is 30.7 Å². The molecular formula is C21H23FN4O3S. The first-order valence-electron chi connectivity index (χ1n) is 9.42. The first kappa shape index (κ1) is 21.5. The van der Waals surface area contributed by atoms with E-state index < -0.39 is 15.8 Å². The molecule has 0 unspecified atom stereocenters. The summed E-state index contributed by atoms with van der Waals surface area (Å²) >= 11 is 0. The van der Waals surface area contributed by atoms with Gasteiger partial charge in [0.1, 0.15) is 5.82 Å². The monoisotopic (exact) mass is 430 g/mol. The second-order valence-corrected chi connectivity index (χ2v) is 8.58. The Morgan fingerprint density at radius 3 is 2.33 bits per heavy atom. The van der Waals surface area contributed by atoms with Gasteiger partial charge in [0, 0.05) is 30.0 Å². The van der Waals surface area contributed by atoms with Crippen molar-refractivity contribution in [3.05, 3.63) is 77.4 Å². The van der Waals surface area contributed by atoms with E-state index in [1.807, 2.05) is 24.6 Å². The number of sulfonamides is 1. The van der Waals surface area contributed by atoms with E-state index in [1.165, 1.54) is 24.3 Å². The summed E-state index contributed by atoms with van der Waals surface area (Å²) in [5.41, 5.74) is 2.77. The molecule has 0 radical (unpaired) electrons. The lowest BCUT2D eigenvalue weighted by Crippen LogP contribution is -2.25. The maximum absolute atomic E-state index is 13.0. The average molecular weight is 431 g/mol. The molecule has 30 heavy (non-hydrogen) atoms. The summed E-state index contributed by atoms with van der Waals surface area (Å²) in [5, 5.41) is 7.22. The molecule has 2 aromatic carbocycles. The number of hydrogen-bond acceptors (Lipinski definition) is 4. The molecule has 158 valence electrons. The van der Waals surface area contributed by atoms with Gasteiger partial charge in [0.05, 0.1) is 10.6 Å². The number of carbonyl (C=O) groups excluding carboxylic acids is 1. The summed E-state index contributed by atoms with van der Waals surface area (Å²) in [5.74, 6) is -0.754. The van der Waals surface area contributed by atoms with Gasteiger partial charge in [-0.2, -0.15) is 5.10 Å². The topological polar surface area (TPSA) is 93.1 Å². The zero-order valence-electron chi connectivity index (χ0n) is 16.7. The molecule has 1 heterocycles. The van der Waals surface area contributed by atoms with Crippen LogP contribution >= 0.6 is 0 Å². The molecule has 9 heteroatoms. The fourth-order valence-corrected chi connectivity index (χ4v) is 4.01. The molecule has 0 saturated carbocycles. The average Bonchev–Trinajstić information content (AvgIpc) is 3.02. The van der Waals surface area contributed by atoms with E-state index >= 15 is 0 Å². The predicted octanol–water partition coefficient (Wildman–Crippen LogP) is 3.26. The number of hydrogen-bond donors (Lipinski definition) is 2. The highest BCUT2D eigenvalue weighted by molar-refractivity contribution is 7.92. The molecule has 0 aliphatic heterocycles. The van der Waals surface area contributed by atoms with Gasteiger partial charge in [-0.15, -0.1) is 0 Å². The van der Waals surface area contributed by atoms with Crippen molar-refractivity contribution in [2.75, 3.05) is 11.3 Å². The van der Waals surface area contributed by atoms with E-state index in [2.05, 4.69) is 15.1 Å². The number of halogens is 1. The summed E-state index contributed by atoms with van der Waals surface area (Å²) < 4.78 is 42.0. The number of aryl methyl sites for hydroxylation is 3. The van der Waals surface area contributed by atoms with Crippen molar-refractivity contribution in [2.45, 2.75) is 31.7 Å². The van der Waals surface area contributed by atoms with E-state index in [-0.39, 0.29) is 10.8 Å². The van der Waals surface area contributed by atoms with Crippen molar-refractivity contribution < 1.29 is 17.6 Å². The normalized spacial score (nSPS) is 11.3. The van der Waals surface area contributed by atoms with Gasteiger partial charge in [-0.25, -0.2) is 12.8 Å². The van der Waals surface area contributed by atoms with Gasteiger partial charge in [-0.05, 0) is 74.9 Å². The molecule has 0 fully saturated rings. The third-order valence-electron chi connectivity index (χ3n) is 4.46. The minimum absolute atomic E-state index is 0.0478. The highest BCUT2D eigenvalue weighted by Crippen LogP contribution is 2.17. The van der Waals surface area contributed by atoms with Crippen molar-refractivity contribution >= 4 is 21.6 Å². The van der Waals surface area contributed by atoms with E-state index in [4.69, 9.17) is 0 Å². The van der Waals surface area contributed by atoms with Crippen LogP contribution in [0.1, 0.15) is 28.2 Å². The van der Waals surface area contributed by atoms with Gasteiger partial charge in [0.15, 0.2) is 0 Å². The first-order valence-corrected chi connectivity index (χ1v) is 10.9. The molecule has 3 rings (SSSR count). The minimum atomic E-state index is -3.83. The maximum Gasteiger partial charge on any atom is 0.261 e. The number of aromatic nitrogens is 2. The predicted molar refractivity (Wildman–Crippen MR) is 112 cm³/mol. The van der Waals surface area contributed by atoms with Crippen LogP contribution < -0.4 is 10.0 Å². The molecule has 0 saturated heterocycles. The maximum atomic E-state index is 13.0. The number of carbonyl (C=O) groups is 1. The molecule has 0 atom stereocenters. The number of anilines is 1.